The Morgan fingerprint density at radius 1 is 1.05 bits per heavy atom. The third-order valence-electron chi connectivity index (χ3n) is 6.49. The van der Waals surface area contributed by atoms with Crippen LogP contribution in [0.15, 0.2) is 71.8 Å². The van der Waals surface area contributed by atoms with Crippen molar-refractivity contribution in [2.45, 2.75) is 57.1 Å². The molecule has 0 saturated carbocycles. The summed E-state index contributed by atoms with van der Waals surface area (Å²) in [6.45, 7) is 6.82. The highest BCUT2D eigenvalue weighted by Crippen LogP contribution is 2.38. The third kappa shape index (κ3) is 5.00. The summed E-state index contributed by atoms with van der Waals surface area (Å²) in [5, 5.41) is 10.3. The summed E-state index contributed by atoms with van der Waals surface area (Å²) in [5.41, 5.74) is 1.01. The van der Waals surface area contributed by atoms with E-state index in [2.05, 4.69) is 4.98 Å². The van der Waals surface area contributed by atoms with E-state index in [0.717, 1.165) is 10.5 Å². The fourth-order valence-corrected chi connectivity index (χ4v) is 6.31. The molecule has 5 rings (SSSR count). The summed E-state index contributed by atoms with van der Waals surface area (Å²) in [7, 11) is -3.92. The van der Waals surface area contributed by atoms with E-state index in [1.54, 1.807) is 76.2 Å². The smallest absolute Gasteiger partial charge is 0.415 e. The molecule has 1 aliphatic rings. The summed E-state index contributed by atoms with van der Waals surface area (Å²) in [5.74, 6) is -0.443. The molecular formula is C29H29N3O7S. The molecule has 1 atom stereocenters. The van der Waals surface area contributed by atoms with Crippen molar-refractivity contribution in [1.82, 2.24) is 8.96 Å². The number of ether oxygens (including phenoxy) is 2. The normalized spacial score (nSPS) is 15.5. The molecule has 1 unspecified atom stereocenters. The maximum atomic E-state index is 13.4. The maximum Gasteiger partial charge on any atom is 0.415 e. The number of anilines is 1. The summed E-state index contributed by atoms with van der Waals surface area (Å²) in [4.78, 5) is 30.8. The Balaban J connectivity index is 1.55. The molecule has 208 valence electrons. The van der Waals surface area contributed by atoms with E-state index in [0.29, 0.717) is 34.7 Å². The van der Waals surface area contributed by atoms with Crippen LogP contribution >= 0.6 is 0 Å². The van der Waals surface area contributed by atoms with Crippen molar-refractivity contribution >= 4 is 38.8 Å². The van der Waals surface area contributed by atoms with E-state index < -0.39 is 33.7 Å². The van der Waals surface area contributed by atoms with Crippen molar-refractivity contribution in [2.24, 2.45) is 0 Å². The number of fused-ring (bicyclic) bond motifs is 2. The molecule has 1 aliphatic heterocycles. The Morgan fingerprint density at radius 3 is 2.45 bits per heavy atom. The Morgan fingerprint density at radius 2 is 1.77 bits per heavy atom. The number of carbonyl (C=O) groups is 2. The highest BCUT2D eigenvalue weighted by Gasteiger charge is 2.38. The number of pyridine rings is 1. The minimum absolute atomic E-state index is 0.133. The van der Waals surface area contributed by atoms with Crippen LogP contribution in [0.4, 0.5) is 10.5 Å². The monoisotopic (exact) mass is 563 g/mol. The highest BCUT2D eigenvalue weighted by atomic mass is 32.2. The van der Waals surface area contributed by atoms with Gasteiger partial charge >= 0.3 is 12.1 Å². The molecule has 0 bridgehead atoms. The zero-order valence-corrected chi connectivity index (χ0v) is 23.3. The Bertz CT molecular complexity index is 1720. The van der Waals surface area contributed by atoms with Gasteiger partial charge in [-0.05, 0) is 76.4 Å². The predicted octanol–water partition coefficient (Wildman–Crippen LogP) is 5.51. The zero-order valence-electron chi connectivity index (χ0n) is 22.5. The lowest BCUT2D eigenvalue weighted by molar-refractivity contribution is -0.138. The van der Waals surface area contributed by atoms with Crippen LogP contribution in [-0.2, 0) is 26.0 Å². The van der Waals surface area contributed by atoms with Crippen molar-refractivity contribution in [3.8, 4) is 11.5 Å². The quantitative estimate of drug-likeness (QED) is 0.336. The first-order valence-corrected chi connectivity index (χ1v) is 14.1. The van der Waals surface area contributed by atoms with E-state index in [4.69, 9.17) is 9.47 Å². The first-order valence-electron chi connectivity index (χ1n) is 12.7. The predicted molar refractivity (Wildman–Crippen MR) is 148 cm³/mol. The number of rotatable bonds is 5. The molecule has 0 radical (unpaired) electrons. The molecule has 0 spiro atoms. The molecule has 2 aromatic carbocycles. The van der Waals surface area contributed by atoms with Gasteiger partial charge in [-0.25, -0.2) is 27.0 Å². The van der Waals surface area contributed by atoms with Crippen molar-refractivity contribution in [1.29, 1.82) is 0 Å². The molecule has 1 amide bonds. The van der Waals surface area contributed by atoms with Crippen LogP contribution in [0.1, 0.15) is 38.4 Å². The molecule has 1 N–H and O–H groups in total. The van der Waals surface area contributed by atoms with Crippen LogP contribution in [0.25, 0.3) is 11.0 Å². The van der Waals surface area contributed by atoms with Gasteiger partial charge in [0.25, 0.3) is 10.0 Å². The van der Waals surface area contributed by atoms with Crippen LogP contribution < -0.4 is 9.64 Å². The molecule has 40 heavy (non-hydrogen) atoms. The summed E-state index contributed by atoms with van der Waals surface area (Å²) in [6, 6.07) is 15.4. The third-order valence-corrected chi connectivity index (χ3v) is 8.30. The number of nitrogens with zero attached hydrogens (tertiary/aromatic N) is 3. The first-order chi connectivity index (χ1) is 18.9. The van der Waals surface area contributed by atoms with E-state index in [9.17, 15) is 23.1 Å². The number of hydrogen-bond acceptors (Lipinski definition) is 7. The molecule has 10 nitrogen and oxygen atoms in total. The molecule has 0 aliphatic carbocycles. The average molecular weight is 564 g/mol. The van der Waals surface area contributed by atoms with Gasteiger partial charge in [-0.2, -0.15) is 0 Å². The largest absolute Gasteiger partial charge is 0.480 e. The number of carbonyl (C=O) groups excluding carboxylic acids is 1. The van der Waals surface area contributed by atoms with Gasteiger partial charge in [0.15, 0.2) is 5.65 Å². The molecule has 11 heteroatoms. The van der Waals surface area contributed by atoms with Crippen LogP contribution in [0.2, 0.25) is 0 Å². The van der Waals surface area contributed by atoms with E-state index >= 15 is 0 Å². The molecule has 0 fully saturated rings. The number of amides is 1. The Kier molecular flexibility index (Phi) is 6.79. The number of aryl methyl sites for hydroxylation is 2. The summed E-state index contributed by atoms with van der Waals surface area (Å²) >= 11 is 0. The van der Waals surface area contributed by atoms with Gasteiger partial charge in [0, 0.05) is 18.0 Å². The number of hydrogen-bond donors (Lipinski definition) is 1. The lowest BCUT2D eigenvalue weighted by atomic mass is 9.96. The van der Waals surface area contributed by atoms with Gasteiger partial charge in [0.2, 0.25) is 0 Å². The van der Waals surface area contributed by atoms with Crippen molar-refractivity contribution < 1.29 is 32.6 Å². The topological polar surface area (TPSA) is 128 Å². The van der Waals surface area contributed by atoms with Crippen LogP contribution in [0.5, 0.6) is 11.5 Å². The van der Waals surface area contributed by atoms with Crippen LogP contribution in [0.3, 0.4) is 0 Å². The van der Waals surface area contributed by atoms with Crippen molar-refractivity contribution in [3.05, 3.63) is 78.1 Å². The van der Waals surface area contributed by atoms with Gasteiger partial charge in [-0.15, -0.1) is 0 Å². The first kappa shape index (κ1) is 27.2. The van der Waals surface area contributed by atoms with E-state index in [-0.39, 0.29) is 17.0 Å². The van der Waals surface area contributed by atoms with Crippen LogP contribution in [0, 0.1) is 6.92 Å². The minimum Gasteiger partial charge on any atom is -0.480 e. The summed E-state index contributed by atoms with van der Waals surface area (Å²) < 4.78 is 39.8. The second-order valence-electron chi connectivity index (χ2n) is 10.6. The Hall–Kier alpha value is -4.38. The number of aliphatic carboxylic acids is 1. The van der Waals surface area contributed by atoms with Gasteiger partial charge in [0.1, 0.15) is 23.1 Å². The average Bonchev–Trinajstić information content (AvgIpc) is 3.25. The number of benzene rings is 2. The minimum atomic E-state index is -3.92. The second-order valence-corrected chi connectivity index (χ2v) is 12.3. The van der Waals surface area contributed by atoms with E-state index in [1.165, 1.54) is 22.3 Å². The highest BCUT2D eigenvalue weighted by molar-refractivity contribution is 7.90. The van der Waals surface area contributed by atoms with Crippen molar-refractivity contribution in [2.75, 3.05) is 4.90 Å². The maximum absolute atomic E-state index is 13.4. The van der Waals surface area contributed by atoms with Gasteiger partial charge in [-0.3, -0.25) is 4.90 Å². The van der Waals surface area contributed by atoms with Crippen LogP contribution in [-0.4, -0.2) is 46.2 Å². The van der Waals surface area contributed by atoms with Gasteiger partial charge in [0.05, 0.1) is 16.0 Å². The number of carboxylic acids is 1. The molecule has 0 saturated heterocycles. The number of carboxylic acid groups (broad SMARTS) is 1. The van der Waals surface area contributed by atoms with Crippen molar-refractivity contribution in [3.63, 3.8) is 0 Å². The lowest BCUT2D eigenvalue weighted by Gasteiger charge is -2.36. The lowest BCUT2D eigenvalue weighted by Crippen LogP contribution is -2.50. The second kappa shape index (κ2) is 9.98. The summed E-state index contributed by atoms with van der Waals surface area (Å²) in [6.07, 6.45) is 1.41. The SMILES string of the molecule is Cc1cc2c(Oc3ccc4c(c3)N(C(=O)OC(C)(C)C)C(C(=O)O)CC4)ccnc2n1S(=O)(=O)c1ccccc1. The van der Waals surface area contributed by atoms with Gasteiger partial charge < -0.3 is 14.6 Å². The number of aromatic nitrogens is 2. The Labute approximate surface area is 231 Å². The molecule has 3 heterocycles. The fourth-order valence-electron chi connectivity index (χ4n) is 4.80. The standard InChI is InChI=1S/C29H29N3O7S/c1-18-16-22-25(14-15-30-26(22)32(18)40(36,37)21-8-6-5-7-9-21)38-20-12-10-19-11-13-23(27(33)34)31(24(19)17-20)28(35)39-29(2,3)4/h5-10,12,14-17,23H,11,13H2,1-4H3,(H,33,34). The fraction of sp³-hybridized carbons (Fsp3) is 0.276. The van der Waals surface area contributed by atoms with Gasteiger partial charge in [-0.1, -0.05) is 24.3 Å². The molecule has 4 aromatic rings. The van der Waals surface area contributed by atoms with E-state index in [1.807, 2.05) is 0 Å². The zero-order chi connectivity index (χ0) is 28.8. The molecular weight excluding hydrogens is 534 g/mol. The molecule has 2 aromatic heterocycles.